The molecule has 1 N–H and O–H groups in total. The van der Waals surface area contributed by atoms with Crippen molar-refractivity contribution in [2.75, 3.05) is 0 Å². The van der Waals surface area contributed by atoms with Gasteiger partial charge in [0.25, 0.3) is 0 Å². The quantitative estimate of drug-likeness (QED) is 0.110. The molecule has 0 atom stereocenters. The van der Waals surface area contributed by atoms with Crippen LogP contribution in [0, 0.1) is 37.2 Å². The summed E-state index contributed by atoms with van der Waals surface area (Å²) in [7, 11) is 0. The van der Waals surface area contributed by atoms with E-state index < -0.39 is 0 Å². The molecule has 0 aliphatic heterocycles. The molecule has 1 aromatic heterocycles. The van der Waals surface area contributed by atoms with Crippen molar-refractivity contribution in [2.45, 2.75) is 114 Å². The summed E-state index contributed by atoms with van der Waals surface area (Å²) in [5.41, 5.74) is 9.89. The van der Waals surface area contributed by atoms with Gasteiger partial charge >= 0.3 is 0 Å². The van der Waals surface area contributed by atoms with E-state index in [2.05, 4.69) is 89.8 Å². The van der Waals surface area contributed by atoms with Crippen molar-refractivity contribution in [3.05, 3.63) is 82.4 Å². The molecule has 0 saturated carbocycles. The molecule has 4 nitrogen and oxygen atoms in total. The Balaban J connectivity index is 0.000000309. The molecule has 249 valence electrons. The first-order chi connectivity index (χ1) is 21.2. The summed E-state index contributed by atoms with van der Waals surface area (Å²) in [6.07, 6.45) is 7.64. The Kier molecular flexibility index (Phi) is 12.2. The number of aliphatic hydroxyl groups is 1. The molecule has 0 fully saturated rings. The predicted octanol–water partition coefficient (Wildman–Crippen LogP) is 11.0. The van der Waals surface area contributed by atoms with Gasteiger partial charge in [0, 0.05) is 38.0 Å². The summed E-state index contributed by atoms with van der Waals surface area (Å²) in [6.45, 7) is 24.0. The van der Waals surface area contributed by atoms with E-state index in [9.17, 15) is 9.90 Å². The molecular formula is C41H53IrN2O2-. The molecule has 1 radical (unpaired) electrons. The molecule has 5 heteroatoms. The van der Waals surface area contributed by atoms with Crippen LogP contribution in [0.15, 0.2) is 48.5 Å². The first-order valence-corrected chi connectivity index (χ1v) is 16.9. The zero-order valence-electron chi connectivity index (χ0n) is 29.8. The number of aryl methyl sites for hydroxylation is 2. The van der Waals surface area contributed by atoms with Gasteiger partial charge in [-0.2, -0.15) is 0 Å². The van der Waals surface area contributed by atoms with Crippen LogP contribution in [0.1, 0.15) is 116 Å². The van der Waals surface area contributed by atoms with Gasteiger partial charge in [-0.25, -0.2) is 4.98 Å². The van der Waals surface area contributed by atoms with Crippen molar-refractivity contribution in [3.8, 4) is 11.3 Å². The predicted molar refractivity (Wildman–Crippen MR) is 190 cm³/mol. The molecule has 4 aromatic rings. The minimum atomic E-state index is -0.157. The topological polar surface area (TPSA) is 63.1 Å². The molecular weight excluding hydrogens is 745 g/mol. The van der Waals surface area contributed by atoms with E-state index in [1.54, 1.807) is 6.33 Å². The van der Waals surface area contributed by atoms with Crippen LogP contribution in [-0.4, -0.2) is 20.9 Å². The number of nitrogens with zero attached hydrogens (tertiary/aromatic N) is 2. The number of ketones is 1. The maximum Gasteiger partial charge on any atom is 0.162 e. The molecule has 0 spiro atoms. The zero-order chi connectivity index (χ0) is 33.3. The van der Waals surface area contributed by atoms with Gasteiger partial charge < -0.3 is 5.11 Å². The summed E-state index contributed by atoms with van der Waals surface area (Å²) in [4.78, 5) is 21.2. The van der Waals surface area contributed by atoms with Crippen LogP contribution in [0.2, 0.25) is 0 Å². The third kappa shape index (κ3) is 7.63. The number of carbonyl (C=O) groups excluding carboxylic acids is 1. The third-order valence-electron chi connectivity index (χ3n) is 9.56. The van der Waals surface area contributed by atoms with Gasteiger partial charge in [-0.15, -0.1) is 23.3 Å². The smallest absolute Gasteiger partial charge is 0.162 e. The molecule has 0 saturated heterocycles. The van der Waals surface area contributed by atoms with Crippen LogP contribution in [0.3, 0.4) is 0 Å². The van der Waals surface area contributed by atoms with E-state index in [1.807, 2.05) is 27.7 Å². The number of fused-ring (bicyclic) bond motifs is 4. The van der Waals surface area contributed by atoms with Crippen molar-refractivity contribution in [3.63, 3.8) is 0 Å². The molecule has 1 aliphatic rings. The zero-order valence-corrected chi connectivity index (χ0v) is 32.2. The van der Waals surface area contributed by atoms with E-state index in [1.165, 1.54) is 50.1 Å². The average molecular weight is 798 g/mol. The number of allylic oxidation sites excluding steroid dienone is 2. The Morgan fingerprint density at radius 2 is 1.57 bits per heavy atom. The summed E-state index contributed by atoms with van der Waals surface area (Å²) in [6, 6.07) is 15.0. The third-order valence-corrected chi connectivity index (χ3v) is 9.56. The number of aliphatic hydroxyl groups excluding tert-OH is 1. The Bertz CT molecular complexity index is 1740. The maximum atomic E-state index is 11.7. The minimum absolute atomic E-state index is 0. The monoisotopic (exact) mass is 798 g/mol. The van der Waals surface area contributed by atoms with Gasteiger partial charge in [-0.05, 0) is 85.1 Å². The Labute approximate surface area is 290 Å². The number of hydrogen-bond acceptors (Lipinski definition) is 4. The summed E-state index contributed by atoms with van der Waals surface area (Å²) >= 11 is 0. The fourth-order valence-corrected chi connectivity index (χ4v) is 7.12. The Morgan fingerprint density at radius 1 is 0.935 bits per heavy atom. The standard InChI is InChI=1S/C28H29N2.C13H24O2.Ir/c1-16-10-17(2)19-8-9-20-25(21(19)11-16)28(6,7)22-12-18(14-27(3,4)5)13-23-24(22)26(20)30-15-29-23;1-5-10(6-2)12(14)9-13(15)11(7-3)8-4;/h8,10-13,15H,14H2,1-7H3;9-11,14H,5-8H2,1-4H3;/q-1;;/b;12-9-;. The molecule has 1 aliphatic carbocycles. The van der Waals surface area contributed by atoms with Gasteiger partial charge in [-0.1, -0.05) is 102 Å². The molecule has 0 bridgehead atoms. The van der Waals surface area contributed by atoms with Gasteiger partial charge in [0.1, 0.15) is 6.33 Å². The second-order valence-corrected chi connectivity index (χ2v) is 14.7. The first kappa shape index (κ1) is 37.6. The van der Waals surface area contributed by atoms with Gasteiger partial charge in [0.2, 0.25) is 0 Å². The summed E-state index contributed by atoms with van der Waals surface area (Å²) in [5, 5.41) is 13.6. The SMILES string of the molecule is CCC(CC)C(=O)/C=C(\O)C(CC)CC.Cc1cc(C)c2c[c-]c3c(c2c1)C(C)(C)c1cc(CC(C)(C)C)cc2ncnc-3c12.[Ir]. The summed E-state index contributed by atoms with van der Waals surface area (Å²) < 4.78 is 0. The minimum Gasteiger partial charge on any atom is -0.512 e. The molecule has 46 heavy (non-hydrogen) atoms. The largest absolute Gasteiger partial charge is 0.512 e. The second kappa shape index (κ2) is 14.9. The Hall–Kier alpha value is -2.88. The van der Waals surface area contributed by atoms with Crippen molar-refractivity contribution in [1.82, 2.24) is 9.97 Å². The molecule has 0 unspecified atom stereocenters. The van der Waals surface area contributed by atoms with Crippen molar-refractivity contribution < 1.29 is 30.0 Å². The average Bonchev–Trinajstić information content (AvgIpc) is 2.96. The number of hydrogen-bond donors (Lipinski definition) is 1. The fraction of sp³-hybridized carbons (Fsp3) is 0.488. The Morgan fingerprint density at radius 3 is 2.15 bits per heavy atom. The van der Waals surface area contributed by atoms with Gasteiger partial charge in [-0.3, -0.25) is 9.78 Å². The van der Waals surface area contributed by atoms with E-state index >= 15 is 0 Å². The maximum absolute atomic E-state index is 11.7. The first-order valence-electron chi connectivity index (χ1n) is 16.9. The molecule has 0 amide bonds. The van der Waals surface area contributed by atoms with Crippen molar-refractivity contribution >= 4 is 27.5 Å². The second-order valence-electron chi connectivity index (χ2n) is 14.7. The van der Waals surface area contributed by atoms with Crippen LogP contribution < -0.4 is 0 Å². The normalized spacial score (nSPS) is 13.8. The fourth-order valence-electron chi connectivity index (χ4n) is 7.12. The van der Waals surface area contributed by atoms with E-state index in [4.69, 9.17) is 4.98 Å². The number of carbonyl (C=O) groups is 1. The van der Waals surface area contributed by atoms with E-state index in [0.717, 1.165) is 48.9 Å². The van der Waals surface area contributed by atoms with Crippen LogP contribution in [0.5, 0.6) is 0 Å². The number of aromatic nitrogens is 2. The van der Waals surface area contributed by atoms with Gasteiger partial charge in [0.05, 0.1) is 11.3 Å². The van der Waals surface area contributed by atoms with Crippen molar-refractivity contribution in [2.24, 2.45) is 17.3 Å². The van der Waals surface area contributed by atoms with Crippen molar-refractivity contribution in [1.29, 1.82) is 0 Å². The van der Waals surface area contributed by atoms with Crippen LogP contribution in [0.25, 0.3) is 32.9 Å². The van der Waals surface area contributed by atoms with Crippen LogP contribution in [0.4, 0.5) is 0 Å². The molecule has 1 heterocycles. The molecule has 3 aromatic carbocycles. The summed E-state index contributed by atoms with van der Waals surface area (Å²) in [5.74, 6) is 0.547. The van der Waals surface area contributed by atoms with E-state index in [-0.39, 0.29) is 54.3 Å². The number of rotatable bonds is 8. The van der Waals surface area contributed by atoms with E-state index in [0.29, 0.717) is 0 Å². The van der Waals surface area contributed by atoms with Crippen LogP contribution >= 0.6 is 0 Å². The number of benzene rings is 3. The van der Waals surface area contributed by atoms with Crippen LogP contribution in [-0.2, 0) is 36.7 Å². The van der Waals surface area contributed by atoms with Gasteiger partial charge in [0.15, 0.2) is 5.78 Å². The molecule has 5 rings (SSSR count).